The minimum Gasteiger partial charge on any atom is -0.481 e. The van der Waals surface area contributed by atoms with E-state index in [1.54, 1.807) is 12.1 Å². The molecule has 2 N–H and O–H groups in total. The van der Waals surface area contributed by atoms with E-state index in [0.29, 0.717) is 17.2 Å². The molecule has 0 aromatic carbocycles. The second-order valence-electron chi connectivity index (χ2n) is 6.00. The second kappa shape index (κ2) is 6.10. The van der Waals surface area contributed by atoms with Gasteiger partial charge >= 0.3 is 5.69 Å². The zero-order valence-electron chi connectivity index (χ0n) is 13.9. The van der Waals surface area contributed by atoms with Gasteiger partial charge in [0.05, 0.1) is 29.9 Å². The predicted octanol–water partition coefficient (Wildman–Crippen LogP) is 1.08. The van der Waals surface area contributed by atoms with E-state index < -0.39 is 17.2 Å². The summed E-state index contributed by atoms with van der Waals surface area (Å²) in [4.78, 5) is 47.1. The molecule has 0 atom stereocenters. The molecule has 0 spiro atoms. The third kappa shape index (κ3) is 2.83. The van der Waals surface area contributed by atoms with Gasteiger partial charge in [-0.05, 0) is 25.0 Å². The number of carbonyl (C=O) groups is 1. The zero-order chi connectivity index (χ0) is 18.3. The first-order valence-corrected chi connectivity index (χ1v) is 8.03. The van der Waals surface area contributed by atoms with Crippen molar-refractivity contribution in [2.75, 3.05) is 12.4 Å². The Morgan fingerprint density at radius 3 is 2.73 bits per heavy atom. The van der Waals surface area contributed by atoms with Crippen LogP contribution in [0, 0.1) is 0 Å². The van der Waals surface area contributed by atoms with Gasteiger partial charge in [0, 0.05) is 18.3 Å². The topological polar surface area (TPSA) is 119 Å². The number of pyridine rings is 2. The summed E-state index contributed by atoms with van der Waals surface area (Å²) >= 11 is 0. The van der Waals surface area contributed by atoms with Crippen LogP contribution in [0.5, 0.6) is 5.88 Å². The fraction of sp³-hybridized carbons (Fsp3) is 0.235. The number of amides is 1. The summed E-state index contributed by atoms with van der Waals surface area (Å²) in [5, 5.41) is 2.88. The molecule has 26 heavy (non-hydrogen) atoms. The normalized spacial score (nSPS) is 13.6. The highest BCUT2D eigenvalue weighted by Crippen LogP contribution is 2.34. The monoisotopic (exact) mass is 353 g/mol. The van der Waals surface area contributed by atoms with E-state index in [1.807, 2.05) is 0 Å². The van der Waals surface area contributed by atoms with E-state index in [2.05, 4.69) is 20.3 Å². The third-order valence-electron chi connectivity index (χ3n) is 4.16. The van der Waals surface area contributed by atoms with Crippen LogP contribution in [-0.4, -0.2) is 32.5 Å². The van der Waals surface area contributed by atoms with Crippen molar-refractivity contribution in [1.29, 1.82) is 0 Å². The maximum absolute atomic E-state index is 12.4. The lowest BCUT2D eigenvalue weighted by molar-refractivity contribution is 0.102. The molecule has 9 heteroatoms. The maximum Gasteiger partial charge on any atom is 0.330 e. The highest BCUT2D eigenvalue weighted by Gasteiger charge is 2.27. The number of carbonyl (C=O) groups excluding carboxylic acids is 1. The molecular weight excluding hydrogens is 338 g/mol. The molecule has 1 aliphatic rings. The molecule has 0 saturated heterocycles. The van der Waals surface area contributed by atoms with Crippen molar-refractivity contribution in [2.24, 2.45) is 0 Å². The van der Waals surface area contributed by atoms with Crippen molar-refractivity contribution >= 4 is 22.6 Å². The minimum atomic E-state index is -0.560. The number of rotatable bonds is 4. The van der Waals surface area contributed by atoms with Crippen molar-refractivity contribution in [3.63, 3.8) is 0 Å². The minimum absolute atomic E-state index is 0.0550. The summed E-state index contributed by atoms with van der Waals surface area (Å²) in [7, 11) is 1.50. The number of aromatic amines is 1. The van der Waals surface area contributed by atoms with Crippen molar-refractivity contribution in [2.45, 2.75) is 18.9 Å². The van der Waals surface area contributed by atoms with E-state index in [-0.39, 0.29) is 17.0 Å². The van der Waals surface area contributed by atoms with Gasteiger partial charge in [0.25, 0.3) is 11.5 Å². The number of ether oxygens (including phenoxy) is 1. The van der Waals surface area contributed by atoms with Crippen molar-refractivity contribution in [3.05, 3.63) is 57.0 Å². The summed E-state index contributed by atoms with van der Waals surface area (Å²) in [6, 6.07) is 4.76. The van der Waals surface area contributed by atoms with Crippen LogP contribution in [0.4, 0.5) is 5.69 Å². The van der Waals surface area contributed by atoms with Gasteiger partial charge < -0.3 is 10.1 Å². The van der Waals surface area contributed by atoms with Gasteiger partial charge in [0.2, 0.25) is 5.88 Å². The van der Waals surface area contributed by atoms with Gasteiger partial charge in [-0.15, -0.1) is 0 Å². The Kier molecular flexibility index (Phi) is 3.76. The Balaban J connectivity index is 1.69. The molecule has 3 aromatic rings. The number of H-pyrrole nitrogens is 1. The fourth-order valence-electron chi connectivity index (χ4n) is 2.71. The molecule has 4 rings (SSSR count). The maximum atomic E-state index is 12.4. The van der Waals surface area contributed by atoms with Crippen molar-refractivity contribution in [1.82, 2.24) is 19.5 Å². The number of hydrogen-bond donors (Lipinski definition) is 2. The molecule has 132 valence electrons. The first-order chi connectivity index (χ1) is 12.6. The number of methoxy groups -OCH3 is 1. The van der Waals surface area contributed by atoms with E-state index in [0.717, 1.165) is 12.8 Å². The van der Waals surface area contributed by atoms with Crippen molar-refractivity contribution < 1.29 is 9.53 Å². The molecule has 0 aliphatic heterocycles. The van der Waals surface area contributed by atoms with Crippen LogP contribution in [0.1, 0.15) is 29.2 Å². The quantitative estimate of drug-likeness (QED) is 0.724. The van der Waals surface area contributed by atoms with Crippen LogP contribution >= 0.6 is 0 Å². The average Bonchev–Trinajstić information content (AvgIpc) is 3.47. The average molecular weight is 353 g/mol. The van der Waals surface area contributed by atoms with Crippen LogP contribution in [0.2, 0.25) is 0 Å². The number of aromatic nitrogens is 4. The van der Waals surface area contributed by atoms with Crippen LogP contribution in [0.15, 0.2) is 40.2 Å². The first-order valence-electron chi connectivity index (χ1n) is 8.03. The molecule has 3 heterocycles. The van der Waals surface area contributed by atoms with Gasteiger partial charge in [-0.1, -0.05) is 0 Å². The van der Waals surface area contributed by atoms with Crippen LogP contribution in [0.3, 0.4) is 0 Å². The highest BCUT2D eigenvalue weighted by atomic mass is 16.5. The number of fused-ring (bicyclic) bond motifs is 1. The number of hydrogen-bond acceptors (Lipinski definition) is 6. The van der Waals surface area contributed by atoms with Crippen LogP contribution in [0.25, 0.3) is 11.0 Å². The van der Waals surface area contributed by atoms with E-state index >= 15 is 0 Å². The van der Waals surface area contributed by atoms with Gasteiger partial charge in [0.15, 0.2) is 0 Å². The molecule has 0 bridgehead atoms. The van der Waals surface area contributed by atoms with E-state index in [9.17, 15) is 14.4 Å². The summed E-state index contributed by atoms with van der Waals surface area (Å²) < 4.78 is 6.44. The van der Waals surface area contributed by atoms with Gasteiger partial charge in [-0.3, -0.25) is 19.1 Å². The first kappa shape index (κ1) is 16.0. The smallest absolute Gasteiger partial charge is 0.330 e. The molecule has 1 saturated carbocycles. The van der Waals surface area contributed by atoms with Gasteiger partial charge in [-0.25, -0.2) is 14.8 Å². The highest BCUT2D eigenvalue weighted by molar-refractivity contribution is 6.05. The Morgan fingerprint density at radius 1 is 1.27 bits per heavy atom. The van der Waals surface area contributed by atoms with Crippen molar-refractivity contribution in [3.8, 4) is 5.88 Å². The summed E-state index contributed by atoms with van der Waals surface area (Å²) in [5.74, 6) is -0.00473. The van der Waals surface area contributed by atoms with Crippen LogP contribution in [-0.2, 0) is 0 Å². The summed E-state index contributed by atoms with van der Waals surface area (Å²) in [5.41, 5.74) is -0.0503. The zero-order valence-corrected chi connectivity index (χ0v) is 13.9. The molecule has 1 amide bonds. The van der Waals surface area contributed by atoms with Gasteiger partial charge in [0.1, 0.15) is 5.65 Å². The van der Waals surface area contributed by atoms with E-state index in [4.69, 9.17) is 4.74 Å². The second-order valence-corrected chi connectivity index (χ2v) is 6.00. The molecule has 0 unspecified atom stereocenters. The van der Waals surface area contributed by atoms with Crippen LogP contribution < -0.4 is 21.3 Å². The largest absolute Gasteiger partial charge is 0.481 e. The summed E-state index contributed by atoms with van der Waals surface area (Å²) in [6.07, 6.45) is 4.56. The summed E-state index contributed by atoms with van der Waals surface area (Å²) in [6.45, 7) is 0. The lowest BCUT2D eigenvalue weighted by Gasteiger charge is -2.09. The third-order valence-corrected chi connectivity index (χ3v) is 4.16. The predicted molar refractivity (Wildman–Crippen MR) is 93.6 cm³/mol. The fourth-order valence-corrected chi connectivity index (χ4v) is 2.71. The van der Waals surface area contributed by atoms with E-state index in [1.165, 1.54) is 30.1 Å². The number of nitrogens with zero attached hydrogens (tertiary/aromatic N) is 3. The Hall–Kier alpha value is -3.49. The number of anilines is 1. The Bertz CT molecular complexity index is 1110. The number of nitrogens with one attached hydrogen (secondary N) is 2. The lowest BCUT2D eigenvalue weighted by atomic mass is 10.2. The molecule has 3 aromatic heterocycles. The lowest BCUT2D eigenvalue weighted by Crippen LogP contribution is -2.30. The molecular formula is C17H15N5O4. The van der Waals surface area contributed by atoms with Gasteiger partial charge in [-0.2, -0.15) is 0 Å². The molecule has 1 fully saturated rings. The SMILES string of the molecule is COc1ccc(NC(=O)c2cnc3c(c2)c(=O)[nH]c(=O)n3C2CC2)cn1. The molecule has 1 aliphatic carbocycles. The molecule has 0 radical (unpaired) electrons. The molecule has 9 nitrogen and oxygen atoms in total. The standard InChI is InChI=1S/C17H15N5O4/c1-26-13-5-2-10(8-18-13)20-15(23)9-6-12-14(19-7-9)22(11-3-4-11)17(25)21-16(12)24/h2,5-8,11H,3-4H2,1H3,(H,20,23)(H,21,24,25). The Labute approximate surface area is 146 Å². The Morgan fingerprint density at radius 2 is 2.08 bits per heavy atom.